The van der Waals surface area contributed by atoms with Crippen LogP contribution in [0.2, 0.25) is 5.02 Å². The number of likely N-dealkylation sites (N-methyl/N-ethyl adjacent to an activating group) is 1. The fourth-order valence-electron chi connectivity index (χ4n) is 2.01. The molecular weight excluding hydrogens is 329 g/mol. The van der Waals surface area contributed by atoms with Gasteiger partial charge in [-0.1, -0.05) is 51.8 Å². The Kier molecular flexibility index (Phi) is 4.97. The molecule has 0 fully saturated rings. The average molecular weight is 343 g/mol. The first kappa shape index (κ1) is 14.5. The van der Waals surface area contributed by atoms with Gasteiger partial charge in [-0.3, -0.25) is 0 Å². The second-order valence-corrected chi connectivity index (χ2v) is 5.64. The zero-order valence-electron chi connectivity index (χ0n) is 10.5. The number of hydrogen-bond donors (Lipinski definition) is 1. The molecule has 0 bridgehead atoms. The van der Waals surface area contributed by atoms with Crippen LogP contribution >= 0.6 is 27.5 Å². The van der Waals surface area contributed by atoms with Crippen LogP contribution < -0.4 is 5.32 Å². The first-order valence-corrected chi connectivity index (χ1v) is 7.14. The maximum atomic E-state index is 14.0. The Bertz CT molecular complexity index is 557. The van der Waals surface area contributed by atoms with Gasteiger partial charge in [0.15, 0.2) is 0 Å². The fourth-order valence-corrected chi connectivity index (χ4v) is 2.46. The van der Waals surface area contributed by atoms with Crippen molar-refractivity contribution in [1.82, 2.24) is 5.32 Å². The Morgan fingerprint density at radius 1 is 1.21 bits per heavy atom. The van der Waals surface area contributed by atoms with Gasteiger partial charge in [0.25, 0.3) is 0 Å². The number of rotatable bonds is 4. The van der Waals surface area contributed by atoms with E-state index in [9.17, 15) is 4.39 Å². The lowest BCUT2D eigenvalue weighted by atomic mass is 9.98. The summed E-state index contributed by atoms with van der Waals surface area (Å²) < 4.78 is 15.1. The summed E-state index contributed by atoms with van der Waals surface area (Å²) in [5, 5.41) is 3.30. The summed E-state index contributed by atoms with van der Waals surface area (Å²) in [6.45, 7) is 0. The third-order valence-electron chi connectivity index (χ3n) is 3.06. The molecule has 1 N–H and O–H groups in total. The van der Waals surface area contributed by atoms with Crippen LogP contribution in [-0.2, 0) is 6.42 Å². The summed E-state index contributed by atoms with van der Waals surface area (Å²) >= 11 is 9.23. The Hall–Kier alpha value is -0.900. The lowest BCUT2D eigenvalue weighted by Crippen LogP contribution is -2.20. The summed E-state index contributed by atoms with van der Waals surface area (Å²) in [4.78, 5) is 0. The number of hydrogen-bond acceptors (Lipinski definition) is 1. The summed E-state index contributed by atoms with van der Waals surface area (Å²) in [5.41, 5.74) is 1.74. The van der Waals surface area contributed by atoms with Crippen molar-refractivity contribution in [3.05, 3.63) is 68.9 Å². The molecular formula is C15H14BrClFN. The van der Waals surface area contributed by atoms with Crippen LogP contribution in [0.15, 0.2) is 46.9 Å². The van der Waals surface area contributed by atoms with Crippen molar-refractivity contribution in [2.24, 2.45) is 0 Å². The standard InChI is InChI=1S/C15H14BrClFN/c1-19-14(9-10-5-7-11(16)8-6-10)12-3-2-4-13(17)15(12)18/h2-8,14,19H,9H2,1H3. The van der Waals surface area contributed by atoms with Crippen molar-refractivity contribution in [2.45, 2.75) is 12.5 Å². The molecule has 0 saturated carbocycles. The van der Waals surface area contributed by atoms with Crippen molar-refractivity contribution in [3.63, 3.8) is 0 Å². The molecule has 0 radical (unpaired) electrons. The Balaban J connectivity index is 2.25. The van der Waals surface area contributed by atoms with Gasteiger partial charge in [0.05, 0.1) is 5.02 Å². The van der Waals surface area contributed by atoms with Gasteiger partial charge in [-0.25, -0.2) is 4.39 Å². The summed E-state index contributed by atoms with van der Waals surface area (Å²) in [6, 6.07) is 13.0. The van der Waals surface area contributed by atoms with Gasteiger partial charge in [0.2, 0.25) is 0 Å². The monoisotopic (exact) mass is 341 g/mol. The predicted molar refractivity (Wildman–Crippen MR) is 81.1 cm³/mol. The van der Waals surface area contributed by atoms with Crippen LogP contribution in [0.5, 0.6) is 0 Å². The fraction of sp³-hybridized carbons (Fsp3) is 0.200. The van der Waals surface area contributed by atoms with Gasteiger partial charge in [-0.15, -0.1) is 0 Å². The molecule has 2 aromatic rings. The molecule has 1 atom stereocenters. The van der Waals surface area contributed by atoms with Crippen molar-refractivity contribution in [3.8, 4) is 0 Å². The van der Waals surface area contributed by atoms with Gasteiger partial charge < -0.3 is 5.32 Å². The maximum absolute atomic E-state index is 14.0. The second kappa shape index (κ2) is 6.51. The number of benzene rings is 2. The summed E-state index contributed by atoms with van der Waals surface area (Å²) in [5.74, 6) is -0.347. The first-order chi connectivity index (χ1) is 9.11. The van der Waals surface area contributed by atoms with E-state index in [1.54, 1.807) is 18.2 Å². The molecule has 0 aromatic heterocycles. The Morgan fingerprint density at radius 2 is 1.89 bits per heavy atom. The second-order valence-electron chi connectivity index (χ2n) is 4.31. The lowest BCUT2D eigenvalue weighted by Gasteiger charge is -2.18. The zero-order valence-corrected chi connectivity index (χ0v) is 12.8. The van der Waals surface area contributed by atoms with E-state index in [0.717, 1.165) is 10.0 Å². The topological polar surface area (TPSA) is 12.0 Å². The summed E-state index contributed by atoms with van der Waals surface area (Å²) in [7, 11) is 1.82. The Labute approximate surface area is 125 Å². The molecule has 2 aromatic carbocycles. The quantitative estimate of drug-likeness (QED) is 0.846. The van der Waals surface area contributed by atoms with E-state index in [-0.39, 0.29) is 16.9 Å². The zero-order chi connectivity index (χ0) is 13.8. The highest BCUT2D eigenvalue weighted by Gasteiger charge is 2.16. The smallest absolute Gasteiger partial charge is 0.146 e. The van der Waals surface area contributed by atoms with Crippen LogP contribution in [0.4, 0.5) is 4.39 Å². The molecule has 2 rings (SSSR count). The molecule has 0 spiro atoms. The van der Waals surface area contributed by atoms with Gasteiger partial charge >= 0.3 is 0 Å². The van der Waals surface area contributed by atoms with Gasteiger partial charge in [-0.05, 0) is 37.2 Å². The highest BCUT2D eigenvalue weighted by molar-refractivity contribution is 9.10. The van der Waals surface area contributed by atoms with E-state index >= 15 is 0 Å². The van der Waals surface area contributed by atoms with E-state index < -0.39 is 0 Å². The molecule has 19 heavy (non-hydrogen) atoms. The third-order valence-corrected chi connectivity index (χ3v) is 3.88. The minimum absolute atomic E-state index is 0.0973. The highest BCUT2D eigenvalue weighted by atomic mass is 79.9. The van der Waals surface area contributed by atoms with E-state index in [1.807, 2.05) is 31.3 Å². The summed E-state index contributed by atoms with van der Waals surface area (Å²) in [6.07, 6.45) is 0.709. The molecule has 0 aliphatic heterocycles. The maximum Gasteiger partial charge on any atom is 0.146 e. The first-order valence-electron chi connectivity index (χ1n) is 5.97. The largest absolute Gasteiger partial charge is 0.313 e. The number of nitrogens with one attached hydrogen (secondary N) is 1. The van der Waals surface area contributed by atoms with Crippen molar-refractivity contribution >= 4 is 27.5 Å². The molecule has 0 heterocycles. The van der Waals surface area contributed by atoms with Gasteiger partial charge in [0.1, 0.15) is 5.82 Å². The predicted octanol–water partition coefficient (Wildman–Crippen LogP) is 4.74. The average Bonchev–Trinajstić information content (AvgIpc) is 2.42. The van der Waals surface area contributed by atoms with Crippen molar-refractivity contribution in [2.75, 3.05) is 7.05 Å². The van der Waals surface area contributed by atoms with Crippen molar-refractivity contribution in [1.29, 1.82) is 0 Å². The minimum atomic E-state index is -0.347. The van der Waals surface area contributed by atoms with Crippen LogP contribution in [0, 0.1) is 5.82 Å². The van der Waals surface area contributed by atoms with Crippen LogP contribution in [0.3, 0.4) is 0 Å². The molecule has 0 saturated heterocycles. The molecule has 0 aliphatic carbocycles. The van der Waals surface area contributed by atoms with E-state index in [1.165, 1.54) is 0 Å². The van der Waals surface area contributed by atoms with Crippen molar-refractivity contribution < 1.29 is 4.39 Å². The normalized spacial score (nSPS) is 12.4. The third kappa shape index (κ3) is 3.56. The molecule has 4 heteroatoms. The van der Waals surface area contributed by atoms with Gasteiger partial charge in [0, 0.05) is 16.1 Å². The molecule has 100 valence electrons. The van der Waals surface area contributed by atoms with E-state index in [2.05, 4.69) is 21.2 Å². The highest BCUT2D eigenvalue weighted by Crippen LogP contribution is 2.26. The molecule has 1 unspecified atom stereocenters. The van der Waals surface area contributed by atoms with E-state index in [0.29, 0.717) is 12.0 Å². The molecule has 0 aliphatic rings. The number of halogens is 3. The Morgan fingerprint density at radius 3 is 2.53 bits per heavy atom. The lowest BCUT2D eigenvalue weighted by molar-refractivity contribution is 0.534. The van der Waals surface area contributed by atoms with Crippen LogP contribution in [-0.4, -0.2) is 7.05 Å². The minimum Gasteiger partial charge on any atom is -0.313 e. The van der Waals surface area contributed by atoms with Crippen LogP contribution in [0.25, 0.3) is 0 Å². The van der Waals surface area contributed by atoms with Gasteiger partial charge in [-0.2, -0.15) is 0 Å². The SMILES string of the molecule is CNC(Cc1ccc(Br)cc1)c1cccc(Cl)c1F. The molecule has 0 amide bonds. The van der Waals surface area contributed by atoms with Crippen LogP contribution in [0.1, 0.15) is 17.2 Å². The molecule has 1 nitrogen and oxygen atoms in total. The van der Waals surface area contributed by atoms with E-state index in [4.69, 9.17) is 11.6 Å².